The van der Waals surface area contributed by atoms with Crippen molar-refractivity contribution in [2.45, 2.75) is 46.0 Å². The number of anilines is 2. The minimum absolute atomic E-state index is 0.122. The lowest BCUT2D eigenvalue weighted by molar-refractivity contribution is -0.118. The number of amides is 1. The fourth-order valence-electron chi connectivity index (χ4n) is 3.07. The van der Waals surface area contributed by atoms with Gasteiger partial charge in [-0.3, -0.25) is 9.69 Å². The van der Waals surface area contributed by atoms with Gasteiger partial charge in [0.2, 0.25) is 5.91 Å². The molecule has 0 aliphatic heterocycles. The summed E-state index contributed by atoms with van der Waals surface area (Å²) in [6, 6.07) is 16.4. The first-order valence-corrected chi connectivity index (χ1v) is 10.6. The number of aromatic nitrogens is 1. The summed E-state index contributed by atoms with van der Waals surface area (Å²) in [4.78, 5) is 20.4. The van der Waals surface area contributed by atoms with Crippen LogP contribution in [-0.2, 0) is 11.2 Å². The van der Waals surface area contributed by atoms with Gasteiger partial charge in [0.15, 0.2) is 5.13 Å². The Kier molecular flexibility index (Phi) is 6.93. The van der Waals surface area contributed by atoms with E-state index in [2.05, 4.69) is 6.92 Å². The predicted octanol–water partition coefficient (Wildman–Crippen LogP) is 6.76. The Morgan fingerprint density at radius 1 is 1.04 bits per heavy atom. The number of hydrogen-bond acceptors (Lipinski definition) is 3. The molecule has 5 heteroatoms. The molecule has 1 aromatic heterocycles. The monoisotopic (exact) mass is 396 g/mol. The molecular weight excluding hydrogens is 371 g/mol. The molecule has 1 heterocycles. The van der Waals surface area contributed by atoms with E-state index in [9.17, 15) is 9.18 Å². The largest absolute Gasteiger partial charge is 0.274 e. The molecule has 2 aromatic carbocycles. The van der Waals surface area contributed by atoms with Gasteiger partial charge >= 0.3 is 0 Å². The number of benzene rings is 2. The maximum atomic E-state index is 14.6. The first-order valence-electron chi connectivity index (χ1n) is 9.78. The van der Waals surface area contributed by atoms with Gasteiger partial charge in [0.1, 0.15) is 5.82 Å². The second-order valence-corrected chi connectivity index (χ2v) is 7.73. The number of para-hydroxylation sites is 1. The molecule has 0 saturated heterocycles. The predicted molar refractivity (Wildman–Crippen MR) is 115 cm³/mol. The second-order valence-electron chi connectivity index (χ2n) is 6.67. The van der Waals surface area contributed by atoms with Gasteiger partial charge in [-0.2, -0.15) is 0 Å². The van der Waals surface area contributed by atoms with Crippen LogP contribution in [0.5, 0.6) is 0 Å². The quantitative estimate of drug-likeness (QED) is 0.421. The molecule has 0 aliphatic carbocycles. The lowest BCUT2D eigenvalue weighted by Gasteiger charge is -2.20. The smallest absolute Gasteiger partial charge is 0.233 e. The third-order valence-corrected chi connectivity index (χ3v) is 5.59. The van der Waals surface area contributed by atoms with Crippen molar-refractivity contribution in [3.8, 4) is 11.3 Å². The van der Waals surface area contributed by atoms with E-state index in [4.69, 9.17) is 4.98 Å². The van der Waals surface area contributed by atoms with Crippen LogP contribution in [0.3, 0.4) is 0 Å². The summed E-state index contributed by atoms with van der Waals surface area (Å²) in [6.45, 7) is 4.16. The van der Waals surface area contributed by atoms with Gasteiger partial charge in [-0.15, -0.1) is 11.3 Å². The first-order chi connectivity index (χ1) is 13.7. The summed E-state index contributed by atoms with van der Waals surface area (Å²) in [5, 5.41) is 0.536. The Morgan fingerprint density at radius 2 is 1.75 bits per heavy atom. The molecule has 0 unspecified atom stereocenters. The number of rotatable bonds is 8. The first kappa shape index (κ1) is 20.2. The average molecular weight is 397 g/mol. The molecule has 0 spiro atoms. The molecule has 1 amide bonds. The van der Waals surface area contributed by atoms with E-state index < -0.39 is 5.82 Å². The molecule has 0 saturated carbocycles. The Labute approximate surface area is 169 Å². The van der Waals surface area contributed by atoms with Crippen LogP contribution < -0.4 is 4.90 Å². The molecule has 0 N–H and O–H groups in total. The van der Waals surface area contributed by atoms with Crippen LogP contribution in [0.2, 0.25) is 0 Å². The van der Waals surface area contributed by atoms with Crippen LogP contribution in [0.4, 0.5) is 15.2 Å². The van der Waals surface area contributed by atoms with E-state index in [-0.39, 0.29) is 11.6 Å². The van der Waals surface area contributed by atoms with E-state index in [0.717, 1.165) is 41.8 Å². The third-order valence-electron chi connectivity index (χ3n) is 4.49. The minimum atomic E-state index is -0.416. The van der Waals surface area contributed by atoms with Crippen molar-refractivity contribution in [1.82, 2.24) is 4.98 Å². The Bertz CT molecular complexity index is 923. The van der Waals surface area contributed by atoms with E-state index in [1.54, 1.807) is 18.2 Å². The van der Waals surface area contributed by atoms with Gasteiger partial charge in [-0.1, -0.05) is 69.2 Å². The number of hydrogen-bond donors (Lipinski definition) is 0. The van der Waals surface area contributed by atoms with Crippen LogP contribution in [-0.4, -0.2) is 10.9 Å². The lowest BCUT2D eigenvalue weighted by atomic mass is 10.1. The van der Waals surface area contributed by atoms with Crippen molar-refractivity contribution in [3.05, 3.63) is 65.3 Å². The highest BCUT2D eigenvalue weighted by molar-refractivity contribution is 7.16. The number of nitrogens with zero attached hydrogens (tertiary/aromatic N) is 2. The summed E-state index contributed by atoms with van der Waals surface area (Å²) < 4.78 is 14.6. The number of aryl methyl sites for hydroxylation is 1. The topological polar surface area (TPSA) is 33.2 Å². The van der Waals surface area contributed by atoms with Gasteiger partial charge in [0, 0.05) is 16.9 Å². The van der Waals surface area contributed by atoms with E-state index in [0.29, 0.717) is 11.6 Å². The number of carbonyl (C=O) groups excluding carboxylic acids is 1. The zero-order chi connectivity index (χ0) is 19.9. The maximum absolute atomic E-state index is 14.6. The second kappa shape index (κ2) is 9.60. The van der Waals surface area contributed by atoms with Crippen molar-refractivity contribution in [2.24, 2.45) is 0 Å². The summed E-state index contributed by atoms with van der Waals surface area (Å²) in [5.74, 6) is -0.538. The highest BCUT2D eigenvalue weighted by atomic mass is 32.1. The Morgan fingerprint density at radius 3 is 2.43 bits per heavy atom. The van der Waals surface area contributed by atoms with Crippen LogP contribution in [0.1, 0.15) is 44.4 Å². The zero-order valence-corrected chi connectivity index (χ0v) is 17.1. The molecule has 0 atom stereocenters. The molecule has 146 valence electrons. The van der Waals surface area contributed by atoms with Crippen LogP contribution in [0.25, 0.3) is 11.3 Å². The molecular formula is C23H25FN2OS. The van der Waals surface area contributed by atoms with Crippen LogP contribution >= 0.6 is 11.3 Å². The highest BCUT2D eigenvalue weighted by Gasteiger charge is 2.25. The SMILES string of the molecule is CCCCC(=O)N(c1nc(-c2ccccc2)c(CCC)s1)c1ccccc1F. The standard InChI is InChI=1S/C23H25FN2OS/c1-3-5-16-21(27)26(19-15-10-9-14-18(19)24)23-25-22(20(28-23)11-4-2)17-12-7-6-8-13-17/h6-10,12-15H,3-5,11,16H2,1-2H3. The lowest BCUT2D eigenvalue weighted by Crippen LogP contribution is -2.26. The number of halogens is 1. The highest BCUT2D eigenvalue weighted by Crippen LogP contribution is 2.38. The van der Waals surface area contributed by atoms with Crippen molar-refractivity contribution < 1.29 is 9.18 Å². The minimum Gasteiger partial charge on any atom is -0.274 e. The van der Waals surface area contributed by atoms with E-state index in [1.807, 2.05) is 37.3 Å². The van der Waals surface area contributed by atoms with Gasteiger partial charge < -0.3 is 0 Å². The molecule has 3 aromatic rings. The Hall–Kier alpha value is -2.53. The van der Waals surface area contributed by atoms with E-state index in [1.165, 1.54) is 22.3 Å². The number of carbonyl (C=O) groups is 1. The Balaban J connectivity index is 2.09. The van der Waals surface area contributed by atoms with E-state index >= 15 is 0 Å². The van der Waals surface area contributed by atoms with Gasteiger partial charge in [-0.05, 0) is 25.0 Å². The van der Waals surface area contributed by atoms with Gasteiger partial charge in [0.05, 0.1) is 11.4 Å². The number of thiazole rings is 1. The summed E-state index contributed by atoms with van der Waals surface area (Å²) >= 11 is 1.48. The normalized spacial score (nSPS) is 10.8. The van der Waals surface area contributed by atoms with Crippen molar-refractivity contribution in [1.29, 1.82) is 0 Å². The molecule has 0 fully saturated rings. The molecule has 3 nitrogen and oxygen atoms in total. The van der Waals surface area contributed by atoms with Gasteiger partial charge in [0.25, 0.3) is 0 Å². The fraction of sp³-hybridized carbons (Fsp3) is 0.304. The van der Waals surface area contributed by atoms with Crippen molar-refractivity contribution in [3.63, 3.8) is 0 Å². The average Bonchev–Trinajstić information content (AvgIpc) is 3.12. The molecule has 0 radical (unpaired) electrons. The number of unbranched alkanes of at least 4 members (excludes halogenated alkanes) is 1. The maximum Gasteiger partial charge on any atom is 0.233 e. The molecule has 0 aliphatic rings. The summed E-state index contributed by atoms with van der Waals surface area (Å²) in [5.41, 5.74) is 2.16. The van der Waals surface area contributed by atoms with Crippen LogP contribution in [0, 0.1) is 5.82 Å². The van der Waals surface area contributed by atoms with Crippen molar-refractivity contribution in [2.75, 3.05) is 4.90 Å². The molecule has 0 bridgehead atoms. The molecule has 28 heavy (non-hydrogen) atoms. The summed E-state index contributed by atoms with van der Waals surface area (Å²) in [6.07, 6.45) is 3.89. The fourth-order valence-corrected chi connectivity index (χ4v) is 4.29. The summed E-state index contributed by atoms with van der Waals surface area (Å²) in [7, 11) is 0. The van der Waals surface area contributed by atoms with Gasteiger partial charge in [-0.25, -0.2) is 9.37 Å². The zero-order valence-electron chi connectivity index (χ0n) is 16.3. The molecule has 3 rings (SSSR count). The van der Waals surface area contributed by atoms with Crippen LogP contribution in [0.15, 0.2) is 54.6 Å². The third kappa shape index (κ3) is 4.47. The van der Waals surface area contributed by atoms with Crippen molar-refractivity contribution >= 4 is 28.1 Å².